The largest absolute Gasteiger partial charge is 0.377 e. The predicted octanol–water partition coefficient (Wildman–Crippen LogP) is 1.68. The molecule has 2 saturated heterocycles. The highest BCUT2D eigenvalue weighted by Crippen LogP contribution is 2.55. The summed E-state index contributed by atoms with van der Waals surface area (Å²) in [6.07, 6.45) is 6.94. The summed E-state index contributed by atoms with van der Waals surface area (Å²) < 4.78 is 5.94. The van der Waals surface area contributed by atoms with Gasteiger partial charge in [0.25, 0.3) is 0 Å². The summed E-state index contributed by atoms with van der Waals surface area (Å²) in [5, 5.41) is 17.6. The van der Waals surface area contributed by atoms with Crippen LogP contribution in [0.2, 0.25) is 0 Å². The second-order valence-electron chi connectivity index (χ2n) is 7.31. The van der Waals surface area contributed by atoms with Gasteiger partial charge in [-0.05, 0) is 25.7 Å². The molecule has 130 valence electrons. The average molecular weight is 330 g/mol. The number of rotatable bonds is 7. The lowest BCUT2D eigenvalue weighted by Gasteiger charge is -2.64. The molecule has 0 N–H and O–H groups in total. The minimum absolute atomic E-state index is 0.0395. The Labute approximate surface area is 144 Å². The smallest absolute Gasteiger partial charge is 0.236 e. The van der Waals surface area contributed by atoms with Gasteiger partial charge in [0.05, 0.1) is 37.6 Å². The molecule has 0 aromatic heterocycles. The van der Waals surface area contributed by atoms with Crippen LogP contribution >= 0.6 is 0 Å². The summed E-state index contributed by atoms with van der Waals surface area (Å²) in [5.41, 5.74) is 0.388. The second kappa shape index (κ2) is 7.51. The molecule has 1 saturated carbocycles. The Balaban J connectivity index is 1.59. The van der Waals surface area contributed by atoms with Gasteiger partial charge in [0.1, 0.15) is 0 Å². The Morgan fingerprint density at radius 2 is 1.92 bits per heavy atom. The van der Waals surface area contributed by atoms with E-state index in [-0.39, 0.29) is 12.0 Å². The minimum Gasteiger partial charge on any atom is -0.377 e. The molecule has 0 radical (unpaired) electrons. The lowest BCUT2D eigenvalue weighted by atomic mass is 9.56. The molecule has 24 heavy (non-hydrogen) atoms. The van der Waals surface area contributed by atoms with Crippen LogP contribution in [0.4, 0.5) is 0 Å². The van der Waals surface area contributed by atoms with Crippen LogP contribution in [0.25, 0.3) is 0 Å². The van der Waals surface area contributed by atoms with E-state index in [1.807, 2.05) is 0 Å². The van der Waals surface area contributed by atoms with Gasteiger partial charge in [0.15, 0.2) is 0 Å². The van der Waals surface area contributed by atoms with Gasteiger partial charge < -0.3 is 9.64 Å². The highest BCUT2D eigenvalue weighted by atomic mass is 16.5. The summed E-state index contributed by atoms with van der Waals surface area (Å²) in [6.45, 7) is 3.06. The van der Waals surface area contributed by atoms with E-state index in [1.165, 1.54) is 19.3 Å². The van der Waals surface area contributed by atoms with E-state index in [4.69, 9.17) is 15.3 Å². The van der Waals surface area contributed by atoms with Gasteiger partial charge in [-0.1, -0.05) is 6.42 Å². The molecule has 2 atom stereocenters. The number of amides is 1. The molecular weight excluding hydrogens is 304 g/mol. The van der Waals surface area contributed by atoms with Crippen molar-refractivity contribution in [3.05, 3.63) is 0 Å². The van der Waals surface area contributed by atoms with Crippen LogP contribution in [0.3, 0.4) is 0 Å². The van der Waals surface area contributed by atoms with E-state index >= 15 is 0 Å². The van der Waals surface area contributed by atoms with Crippen LogP contribution in [0.1, 0.15) is 44.9 Å². The quantitative estimate of drug-likeness (QED) is 0.709. The van der Waals surface area contributed by atoms with Crippen LogP contribution in [0.5, 0.6) is 0 Å². The maximum absolute atomic E-state index is 12.7. The first-order valence-corrected chi connectivity index (χ1v) is 9.07. The van der Waals surface area contributed by atoms with Crippen LogP contribution in [0, 0.1) is 28.1 Å². The lowest BCUT2D eigenvalue weighted by molar-refractivity contribution is -0.178. The number of carbonyl (C=O) groups is 1. The molecule has 6 nitrogen and oxygen atoms in total. The maximum atomic E-state index is 12.7. The highest BCUT2D eigenvalue weighted by Gasteiger charge is 2.59. The molecule has 0 aromatic rings. The van der Waals surface area contributed by atoms with Gasteiger partial charge in [-0.2, -0.15) is 10.5 Å². The number of carbonyl (C=O) groups excluding carboxylic acids is 1. The van der Waals surface area contributed by atoms with E-state index in [1.54, 1.807) is 4.90 Å². The highest BCUT2D eigenvalue weighted by molar-refractivity contribution is 5.78. The van der Waals surface area contributed by atoms with Gasteiger partial charge in [0, 0.05) is 37.7 Å². The third-order valence-corrected chi connectivity index (χ3v) is 5.88. The SMILES string of the molecule is N#CCCN(CCC#N)C(=O)CN1CC2(CCC2)[C@@H]1[C@H]1CCCO1. The van der Waals surface area contributed by atoms with Crippen LogP contribution < -0.4 is 0 Å². The Hall–Kier alpha value is -1.63. The number of nitrogens with zero attached hydrogens (tertiary/aromatic N) is 4. The molecule has 3 fully saturated rings. The van der Waals surface area contributed by atoms with Crippen molar-refractivity contribution in [1.82, 2.24) is 9.80 Å². The molecule has 3 rings (SSSR count). The van der Waals surface area contributed by atoms with Gasteiger partial charge in [0.2, 0.25) is 5.91 Å². The van der Waals surface area contributed by atoms with E-state index in [9.17, 15) is 4.79 Å². The second-order valence-corrected chi connectivity index (χ2v) is 7.31. The molecule has 0 aromatic carbocycles. The lowest BCUT2D eigenvalue weighted by Crippen LogP contribution is -2.72. The first kappa shape index (κ1) is 17.2. The molecule has 2 aliphatic heterocycles. The summed E-state index contributed by atoms with van der Waals surface area (Å²) in [6, 6.07) is 4.55. The molecule has 1 spiro atoms. The van der Waals surface area contributed by atoms with E-state index in [0.717, 1.165) is 26.0 Å². The van der Waals surface area contributed by atoms with E-state index in [0.29, 0.717) is 43.9 Å². The predicted molar refractivity (Wildman–Crippen MR) is 87.7 cm³/mol. The van der Waals surface area contributed by atoms with Gasteiger partial charge in [-0.15, -0.1) is 0 Å². The Morgan fingerprint density at radius 3 is 2.42 bits per heavy atom. The summed E-state index contributed by atoms with van der Waals surface area (Å²) in [7, 11) is 0. The monoisotopic (exact) mass is 330 g/mol. The Bertz CT molecular complexity index is 522. The Kier molecular flexibility index (Phi) is 5.38. The van der Waals surface area contributed by atoms with Crippen molar-refractivity contribution in [1.29, 1.82) is 10.5 Å². The van der Waals surface area contributed by atoms with E-state index in [2.05, 4.69) is 17.0 Å². The van der Waals surface area contributed by atoms with E-state index < -0.39 is 0 Å². The van der Waals surface area contributed by atoms with Gasteiger partial charge in [-0.3, -0.25) is 9.69 Å². The van der Waals surface area contributed by atoms with Crippen molar-refractivity contribution in [3.63, 3.8) is 0 Å². The van der Waals surface area contributed by atoms with Crippen molar-refractivity contribution in [3.8, 4) is 12.1 Å². The summed E-state index contributed by atoms with van der Waals surface area (Å²) >= 11 is 0. The standard InChI is InChI=1S/C18H26N4O2/c19-8-3-10-21(11-4-9-20)16(23)13-22-14-18(6-2-7-18)17(22)15-5-1-12-24-15/h15,17H,1-7,10-14H2/t15-,17+/m1/s1. The number of hydrogen-bond acceptors (Lipinski definition) is 5. The zero-order valence-electron chi connectivity index (χ0n) is 14.2. The van der Waals surface area contributed by atoms with Crippen LogP contribution in [-0.4, -0.2) is 60.6 Å². The number of likely N-dealkylation sites (tertiary alicyclic amines) is 1. The summed E-state index contributed by atoms with van der Waals surface area (Å²) in [4.78, 5) is 16.6. The first-order valence-electron chi connectivity index (χ1n) is 9.07. The molecule has 6 heteroatoms. The number of ether oxygens (including phenoxy) is 1. The molecule has 3 aliphatic rings. The first-order chi connectivity index (χ1) is 11.7. The third-order valence-electron chi connectivity index (χ3n) is 5.88. The van der Waals surface area contributed by atoms with Crippen molar-refractivity contribution < 1.29 is 9.53 Å². The zero-order chi connectivity index (χ0) is 17.0. The third kappa shape index (κ3) is 3.27. The summed E-state index contributed by atoms with van der Waals surface area (Å²) in [5.74, 6) is 0.0395. The van der Waals surface area contributed by atoms with Gasteiger partial charge >= 0.3 is 0 Å². The molecule has 0 unspecified atom stereocenters. The zero-order valence-corrected chi connectivity index (χ0v) is 14.2. The van der Waals surface area contributed by atoms with Gasteiger partial charge in [-0.25, -0.2) is 0 Å². The molecular formula is C18H26N4O2. The van der Waals surface area contributed by atoms with Crippen LogP contribution in [0.15, 0.2) is 0 Å². The fraction of sp³-hybridized carbons (Fsp3) is 0.833. The van der Waals surface area contributed by atoms with Crippen molar-refractivity contribution in [2.24, 2.45) is 5.41 Å². The van der Waals surface area contributed by atoms with Crippen molar-refractivity contribution in [2.45, 2.75) is 57.1 Å². The Morgan fingerprint density at radius 1 is 1.21 bits per heavy atom. The average Bonchev–Trinajstić information content (AvgIpc) is 3.02. The van der Waals surface area contributed by atoms with Crippen molar-refractivity contribution >= 4 is 5.91 Å². The topological polar surface area (TPSA) is 80.4 Å². The normalized spacial score (nSPS) is 27.8. The fourth-order valence-corrected chi connectivity index (χ4v) is 4.60. The molecule has 2 heterocycles. The minimum atomic E-state index is 0.0395. The molecule has 1 aliphatic carbocycles. The van der Waals surface area contributed by atoms with Crippen LogP contribution in [-0.2, 0) is 9.53 Å². The fourth-order valence-electron chi connectivity index (χ4n) is 4.60. The van der Waals surface area contributed by atoms with Crippen molar-refractivity contribution in [2.75, 3.05) is 32.8 Å². The molecule has 0 bridgehead atoms. The number of nitriles is 2. The molecule has 1 amide bonds. The maximum Gasteiger partial charge on any atom is 0.236 e. The number of hydrogen-bond donors (Lipinski definition) is 0.